The lowest BCUT2D eigenvalue weighted by molar-refractivity contribution is 0.597. The summed E-state index contributed by atoms with van der Waals surface area (Å²) in [7, 11) is 3.21. The zero-order valence-electron chi connectivity index (χ0n) is 10.9. The van der Waals surface area contributed by atoms with Crippen LogP contribution >= 0.6 is 10.7 Å². The molecule has 0 unspecified atom stereocenters. The molecule has 0 spiro atoms. The van der Waals surface area contributed by atoms with Crippen LogP contribution < -0.4 is 0 Å². The first-order chi connectivity index (χ1) is 9.97. The molecule has 0 atom stereocenters. The maximum atomic E-state index is 11.7. The fraction of sp³-hybridized carbons (Fsp3) is 0.0833. The van der Waals surface area contributed by atoms with Gasteiger partial charge in [0.2, 0.25) is 0 Å². The summed E-state index contributed by atoms with van der Waals surface area (Å²) in [5.41, 5.74) is 1.09. The number of halogens is 1. The van der Waals surface area contributed by atoms with Gasteiger partial charge in [0.15, 0.2) is 5.82 Å². The van der Waals surface area contributed by atoms with Crippen LogP contribution in [0.4, 0.5) is 0 Å². The van der Waals surface area contributed by atoms with Gasteiger partial charge in [0, 0.05) is 23.9 Å². The maximum Gasteiger partial charge on any atom is 0.297 e. The van der Waals surface area contributed by atoms with Crippen LogP contribution in [0.3, 0.4) is 0 Å². The van der Waals surface area contributed by atoms with Crippen molar-refractivity contribution in [2.45, 2.75) is 5.16 Å². The van der Waals surface area contributed by atoms with Crippen LogP contribution in [0, 0.1) is 0 Å². The summed E-state index contributed by atoms with van der Waals surface area (Å²) in [4.78, 5) is 4.17. The van der Waals surface area contributed by atoms with Crippen LogP contribution in [0.5, 0.6) is 0 Å². The smallest absolute Gasteiger partial charge is 0.297 e. The normalized spacial score (nSPS) is 11.7. The quantitative estimate of drug-likeness (QED) is 0.684. The van der Waals surface area contributed by atoms with E-state index in [-0.39, 0.29) is 5.16 Å². The average Bonchev–Trinajstić information content (AvgIpc) is 3.04. The third-order valence-electron chi connectivity index (χ3n) is 2.80. The van der Waals surface area contributed by atoms with Crippen molar-refractivity contribution in [2.24, 2.45) is 7.05 Å². The summed E-state index contributed by atoms with van der Waals surface area (Å²) in [5, 5.41) is 7.27. The number of imidazole rings is 1. The van der Waals surface area contributed by atoms with Gasteiger partial charge in [-0.25, -0.2) is 13.4 Å². The van der Waals surface area contributed by atoms with E-state index in [1.807, 2.05) is 6.07 Å². The Hall–Kier alpha value is -2.19. The second-order valence-corrected chi connectivity index (χ2v) is 6.80. The Morgan fingerprint density at radius 1 is 1.14 bits per heavy atom. The first-order valence-electron chi connectivity index (χ1n) is 5.90. The second-order valence-electron chi connectivity index (χ2n) is 4.34. The highest BCUT2D eigenvalue weighted by molar-refractivity contribution is 8.13. The number of hydrogen-bond acceptors (Lipinski definition) is 5. The van der Waals surface area contributed by atoms with Crippen molar-refractivity contribution in [3.8, 4) is 17.2 Å². The van der Waals surface area contributed by atoms with Crippen molar-refractivity contribution in [1.82, 2.24) is 24.3 Å². The molecule has 21 heavy (non-hydrogen) atoms. The Kier molecular flexibility index (Phi) is 3.26. The van der Waals surface area contributed by atoms with E-state index in [0.29, 0.717) is 17.2 Å². The van der Waals surface area contributed by atoms with Crippen LogP contribution in [0.25, 0.3) is 17.2 Å². The highest BCUT2D eigenvalue weighted by atomic mass is 35.7. The van der Waals surface area contributed by atoms with Gasteiger partial charge in [0.1, 0.15) is 5.69 Å². The lowest BCUT2D eigenvalue weighted by atomic mass is 10.3. The van der Waals surface area contributed by atoms with Gasteiger partial charge >= 0.3 is 0 Å². The van der Waals surface area contributed by atoms with Crippen LogP contribution in [-0.4, -0.2) is 32.7 Å². The van der Waals surface area contributed by atoms with Crippen LogP contribution in [-0.2, 0) is 16.1 Å². The van der Waals surface area contributed by atoms with Crippen molar-refractivity contribution < 1.29 is 8.42 Å². The van der Waals surface area contributed by atoms with E-state index in [9.17, 15) is 8.42 Å². The molecule has 7 nitrogen and oxygen atoms in total. The predicted molar refractivity (Wildman–Crippen MR) is 76.6 cm³/mol. The molecule has 1 aromatic carbocycles. The van der Waals surface area contributed by atoms with Crippen molar-refractivity contribution in [1.29, 1.82) is 0 Å². The lowest BCUT2D eigenvalue weighted by Crippen LogP contribution is -2.05. The number of rotatable bonds is 3. The van der Waals surface area contributed by atoms with Crippen molar-refractivity contribution in [3.05, 3.63) is 42.9 Å². The molecule has 9 heteroatoms. The highest BCUT2D eigenvalue weighted by Gasteiger charge is 2.25. The molecule has 0 aliphatic carbocycles. The summed E-state index contributed by atoms with van der Waals surface area (Å²) in [6, 6.07) is 8.86. The summed E-state index contributed by atoms with van der Waals surface area (Å²) in [6.07, 6.45) is 3.31. The monoisotopic (exact) mass is 323 g/mol. The topological polar surface area (TPSA) is 82.7 Å². The fourth-order valence-electron chi connectivity index (χ4n) is 1.93. The molecule has 0 N–H and O–H groups in total. The van der Waals surface area contributed by atoms with Crippen LogP contribution in [0.2, 0.25) is 0 Å². The van der Waals surface area contributed by atoms with E-state index < -0.39 is 9.05 Å². The van der Waals surface area contributed by atoms with Gasteiger partial charge in [-0.15, -0.1) is 10.2 Å². The van der Waals surface area contributed by atoms with Gasteiger partial charge < -0.3 is 4.57 Å². The molecule has 0 amide bonds. The SMILES string of the molecule is Cn1cnc(-c2nnc(S(=O)(=O)Cl)n2-c2ccccc2)c1. The molecule has 0 saturated heterocycles. The summed E-state index contributed by atoms with van der Waals surface area (Å²) < 4.78 is 26.5. The second kappa shape index (κ2) is 4.97. The largest absolute Gasteiger partial charge is 0.340 e. The lowest BCUT2D eigenvalue weighted by Gasteiger charge is -2.07. The molecule has 0 aliphatic heterocycles. The van der Waals surface area contributed by atoms with E-state index in [2.05, 4.69) is 15.2 Å². The number of nitrogens with zero attached hydrogens (tertiary/aromatic N) is 5. The zero-order valence-corrected chi connectivity index (χ0v) is 12.5. The third-order valence-corrected chi connectivity index (χ3v) is 3.91. The van der Waals surface area contributed by atoms with Gasteiger partial charge in [0.25, 0.3) is 14.2 Å². The number of aryl methyl sites for hydroxylation is 1. The Morgan fingerprint density at radius 2 is 1.86 bits per heavy atom. The van der Waals surface area contributed by atoms with Crippen molar-refractivity contribution in [2.75, 3.05) is 0 Å². The van der Waals surface area contributed by atoms with Gasteiger partial charge in [-0.2, -0.15) is 0 Å². The van der Waals surface area contributed by atoms with Crippen LogP contribution in [0.15, 0.2) is 48.0 Å². The number of para-hydroxylation sites is 1. The zero-order chi connectivity index (χ0) is 15.0. The Labute approximate surface area is 125 Å². The fourth-order valence-corrected chi connectivity index (χ4v) is 2.78. The Balaban J connectivity index is 2.30. The van der Waals surface area contributed by atoms with E-state index in [1.165, 1.54) is 4.57 Å². The molecule has 2 heterocycles. The molecule has 0 bridgehead atoms. The number of hydrogen-bond donors (Lipinski definition) is 0. The molecule has 0 radical (unpaired) electrons. The van der Waals surface area contributed by atoms with E-state index in [1.54, 1.807) is 48.4 Å². The Morgan fingerprint density at radius 3 is 2.43 bits per heavy atom. The van der Waals surface area contributed by atoms with E-state index in [0.717, 1.165) is 0 Å². The van der Waals surface area contributed by atoms with Crippen molar-refractivity contribution >= 4 is 19.7 Å². The highest BCUT2D eigenvalue weighted by Crippen LogP contribution is 2.25. The molecular weight excluding hydrogens is 314 g/mol. The molecule has 0 aliphatic rings. The first-order valence-corrected chi connectivity index (χ1v) is 8.21. The average molecular weight is 324 g/mol. The van der Waals surface area contributed by atoms with E-state index >= 15 is 0 Å². The molecule has 0 fully saturated rings. The predicted octanol–water partition coefficient (Wildman–Crippen LogP) is 1.60. The summed E-state index contributed by atoms with van der Waals surface area (Å²) >= 11 is 0. The van der Waals surface area contributed by atoms with Gasteiger partial charge in [0.05, 0.1) is 12.0 Å². The molecule has 2 aromatic heterocycles. The summed E-state index contributed by atoms with van der Waals surface area (Å²) in [5.74, 6) is 0.307. The molecular formula is C12H10ClN5O2S. The van der Waals surface area contributed by atoms with Crippen molar-refractivity contribution in [3.63, 3.8) is 0 Å². The Bertz CT molecular complexity index is 886. The number of aromatic nitrogens is 5. The minimum absolute atomic E-state index is 0.307. The molecule has 3 aromatic rings. The van der Waals surface area contributed by atoms with Crippen LogP contribution in [0.1, 0.15) is 0 Å². The first kappa shape index (κ1) is 13.8. The maximum absolute atomic E-state index is 11.7. The molecule has 0 saturated carbocycles. The van der Waals surface area contributed by atoms with Gasteiger partial charge in [-0.1, -0.05) is 18.2 Å². The minimum Gasteiger partial charge on any atom is -0.340 e. The number of benzene rings is 1. The standard InChI is InChI=1S/C12H10ClN5O2S/c1-17-7-10(14-8-17)11-15-16-12(21(13,19)20)18(11)9-5-3-2-4-6-9/h2-8H,1H3. The third kappa shape index (κ3) is 2.55. The molecule has 3 rings (SSSR count). The van der Waals surface area contributed by atoms with Gasteiger partial charge in [-0.05, 0) is 12.1 Å². The molecule has 108 valence electrons. The summed E-state index contributed by atoms with van der Waals surface area (Å²) in [6.45, 7) is 0. The minimum atomic E-state index is -4.03. The van der Waals surface area contributed by atoms with E-state index in [4.69, 9.17) is 10.7 Å². The van der Waals surface area contributed by atoms with Gasteiger partial charge in [-0.3, -0.25) is 4.57 Å².